The Balaban J connectivity index is 1.39. The second kappa shape index (κ2) is 11.2. The quantitative estimate of drug-likeness (QED) is 0.292. The highest BCUT2D eigenvalue weighted by molar-refractivity contribution is 7.99. The number of rotatable bonds is 10. The number of nitrogens with zero attached hydrogens (tertiary/aromatic N) is 2. The van der Waals surface area contributed by atoms with Crippen molar-refractivity contribution in [1.29, 1.82) is 0 Å². The first-order chi connectivity index (χ1) is 16.2. The highest BCUT2D eigenvalue weighted by Gasteiger charge is 2.19. The van der Waals surface area contributed by atoms with Crippen LogP contribution in [0.15, 0.2) is 75.7 Å². The fraction of sp³-hybridized carbons (Fsp3) is 0.240. The molecule has 8 heteroatoms. The van der Waals surface area contributed by atoms with Crippen LogP contribution in [0.4, 0.5) is 0 Å². The van der Waals surface area contributed by atoms with E-state index in [0.717, 1.165) is 34.6 Å². The molecule has 0 saturated heterocycles. The van der Waals surface area contributed by atoms with Crippen molar-refractivity contribution in [3.63, 3.8) is 0 Å². The molecule has 2 aromatic heterocycles. The van der Waals surface area contributed by atoms with Crippen LogP contribution in [0.5, 0.6) is 5.75 Å². The molecular weight excluding hydrogens is 454 g/mol. The fourth-order valence-electron chi connectivity index (χ4n) is 3.39. The SMILES string of the molecule is CCCc1ccc(C(NC(=O)CSc2nnc(-c3ccc(OC)cc3)o2)c2cccs2)cc1. The number of hydrogen-bond acceptors (Lipinski definition) is 7. The van der Waals surface area contributed by atoms with Gasteiger partial charge in [0.2, 0.25) is 11.8 Å². The van der Waals surface area contributed by atoms with Crippen molar-refractivity contribution in [2.24, 2.45) is 0 Å². The van der Waals surface area contributed by atoms with E-state index in [-0.39, 0.29) is 17.7 Å². The summed E-state index contributed by atoms with van der Waals surface area (Å²) < 4.78 is 10.9. The van der Waals surface area contributed by atoms with Crippen molar-refractivity contribution in [2.45, 2.75) is 31.0 Å². The molecule has 33 heavy (non-hydrogen) atoms. The average molecular weight is 480 g/mol. The van der Waals surface area contributed by atoms with Crippen LogP contribution in [0.1, 0.15) is 35.4 Å². The molecule has 1 unspecified atom stereocenters. The number of thioether (sulfide) groups is 1. The van der Waals surface area contributed by atoms with E-state index in [1.165, 1.54) is 17.3 Å². The standard InChI is InChI=1S/C25H25N3O3S2/c1-3-5-17-7-9-18(10-8-17)23(21-6-4-15-32-21)26-22(29)16-33-25-28-27-24(31-25)19-11-13-20(30-2)14-12-19/h4,6-15,23H,3,5,16H2,1-2H3,(H,26,29). The molecule has 0 bridgehead atoms. The van der Waals surface area contributed by atoms with Crippen molar-refractivity contribution in [3.05, 3.63) is 82.0 Å². The lowest BCUT2D eigenvalue weighted by atomic mass is 10.0. The molecule has 2 aromatic carbocycles. The van der Waals surface area contributed by atoms with Crippen LogP contribution in [-0.2, 0) is 11.2 Å². The number of carbonyl (C=O) groups is 1. The Morgan fingerprint density at radius 1 is 1.12 bits per heavy atom. The molecule has 0 aliphatic carbocycles. The van der Waals surface area contributed by atoms with E-state index in [9.17, 15) is 4.79 Å². The minimum Gasteiger partial charge on any atom is -0.497 e. The van der Waals surface area contributed by atoms with Gasteiger partial charge in [-0.2, -0.15) is 0 Å². The number of nitrogens with one attached hydrogen (secondary N) is 1. The van der Waals surface area contributed by atoms with Gasteiger partial charge in [-0.3, -0.25) is 4.79 Å². The van der Waals surface area contributed by atoms with Crippen LogP contribution < -0.4 is 10.1 Å². The van der Waals surface area contributed by atoms with Gasteiger partial charge < -0.3 is 14.5 Å². The number of benzene rings is 2. The fourth-order valence-corrected chi connectivity index (χ4v) is 4.76. The largest absolute Gasteiger partial charge is 0.497 e. The van der Waals surface area contributed by atoms with Gasteiger partial charge in [-0.05, 0) is 53.3 Å². The maximum absolute atomic E-state index is 12.8. The summed E-state index contributed by atoms with van der Waals surface area (Å²) in [5, 5.41) is 13.7. The van der Waals surface area contributed by atoms with Crippen LogP contribution in [0, 0.1) is 0 Å². The lowest BCUT2D eigenvalue weighted by Gasteiger charge is -2.18. The van der Waals surface area contributed by atoms with Crippen molar-refractivity contribution in [2.75, 3.05) is 12.9 Å². The van der Waals surface area contributed by atoms with Crippen molar-refractivity contribution >= 4 is 29.0 Å². The van der Waals surface area contributed by atoms with Crippen LogP contribution in [0.2, 0.25) is 0 Å². The van der Waals surface area contributed by atoms with Crippen LogP contribution >= 0.6 is 23.1 Å². The summed E-state index contributed by atoms with van der Waals surface area (Å²) in [7, 11) is 1.62. The van der Waals surface area contributed by atoms with Crippen molar-refractivity contribution in [3.8, 4) is 17.2 Å². The first-order valence-electron chi connectivity index (χ1n) is 10.7. The second-order valence-corrected chi connectivity index (χ2v) is 9.30. The number of aromatic nitrogens is 2. The molecule has 1 amide bonds. The molecule has 170 valence electrons. The molecule has 6 nitrogen and oxygen atoms in total. The van der Waals surface area contributed by atoms with E-state index in [1.54, 1.807) is 18.4 Å². The molecule has 0 saturated carbocycles. The Bertz CT molecular complexity index is 1160. The molecular formula is C25H25N3O3S2. The van der Waals surface area contributed by atoms with Gasteiger partial charge in [0.05, 0.1) is 18.9 Å². The summed E-state index contributed by atoms with van der Waals surface area (Å²) in [5.74, 6) is 1.24. The van der Waals surface area contributed by atoms with Gasteiger partial charge >= 0.3 is 0 Å². The molecule has 1 atom stereocenters. The Morgan fingerprint density at radius 3 is 2.58 bits per heavy atom. The lowest BCUT2D eigenvalue weighted by molar-refractivity contribution is -0.119. The molecule has 0 aliphatic heterocycles. The van der Waals surface area contributed by atoms with Gasteiger partial charge in [0, 0.05) is 10.4 Å². The molecule has 0 spiro atoms. The molecule has 4 aromatic rings. The van der Waals surface area contributed by atoms with E-state index in [1.807, 2.05) is 41.8 Å². The Morgan fingerprint density at radius 2 is 1.91 bits per heavy atom. The maximum atomic E-state index is 12.8. The topological polar surface area (TPSA) is 77.2 Å². The van der Waals surface area contributed by atoms with Crippen molar-refractivity contribution < 1.29 is 13.9 Å². The third-order valence-corrected chi connectivity index (χ3v) is 6.81. The van der Waals surface area contributed by atoms with Crippen molar-refractivity contribution in [1.82, 2.24) is 15.5 Å². The summed E-state index contributed by atoms with van der Waals surface area (Å²) in [4.78, 5) is 13.9. The monoisotopic (exact) mass is 479 g/mol. The molecule has 0 fully saturated rings. The Labute approximate surface area is 201 Å². The van der Waals surface area contributed by atoms with E-state index in [4.69, 9.17) is 9.15 Å². The molecule has 2 heterocycles. The summed E-state index contributed by atoms with van der Waals surface area (Å²) >= 11 is 2.85. The smallest absolute Gasteiger partial charge is 0.277 e. The number of amides is 1. The molecule has 4 rings (SSSR count). The van der Waals surface area contributed by atoms with Gasteiger partial charge in [0.1, 0.15) is 5.75 Å². The third-order valence-electron chi connectivity index (χ3n) is 5.05. The second-order valence-electron chi connectivity index (χ2n) is 7.40. The number of ether oxygens (including phenoxy) is 1. The number of aryl methyl sites for hydroxylation is 1. The van der Waals surface area contributed by atoms with E-state index in [2.05, 4.69) is 46.7 Å². The predicted molar refractivity (Wildman–Crippen MR) is 132 cm³/mol. The lowest BCUT2D eigenvalue weighted by Crippen LogP contribution is -2.30. The van der Waals surface area contributed by atoms with E-state index >= 15 is 0 Å². The summed E-state index contributed by atoms with van der Waals surface area (Å²) in [5.41, 5.74) is 3.16. The number of carbonyl (C=O) groups excluding carboxylic acids is 1. The Hall–Kier alpha value is -3.10. The highest BCUT2D eigenvalue weighted by Crippen LogP contribution is 2.28. The minimum absolute atomic E-state index is 0.0970. The zero-order valence-corrected chi connectivity index (χ0v) is 20.1. The number of hydrogen-bond donors (Lipinski definition) is 1. The molecule has 1 N–H and O–H groups in total. The van der Waals surface area contributed by atoms with E-state index in [0.29, 0.717) is 11.1 Å². The van der Waals surface area contributed by atoms with E-state index < -0.39 is 0 Å². The van der Waals surface area contributed by atoms with Crippen LogP contribution in [0.25, 0.3) is 11.5 Å². The summed E-state index contributed by atoms with van der Waals surface area (Å²) in [6, 6.07) is 19.7. The number of methoxy groups -OCH3 is 1. The van der Waals surface area contributed by atoms with Gasteiger partial charge in [0.25, 0.3) is 5.22 Å². The van der Waals surface area contributed by atoms with Gasteiger partial charge in [-0.1, -0.05) is 55.4 Å². The zero-order valence-electron chi connectivity index (χ0n) is 18.5. The average Bonchev–Trinajstić information content (AvgIpc) is 3.55. The molecule has 0 aliphatic rings. The normalized spacial score (nSPS) is 11.8. The van der Waals surface area contributed by atoms with Gasteiger partial charge in [-0.25, -0.2) is 0 Å². The highest BCUT2D eigenvalue weighted by atomic mass is 32.2. The van der Waals surface area contributed by atoms with Gasteiger partial charge in [-0.15, -0.1) is 21.5 Å². The zero-order chi connectivity index (χ0) is 23.0. The van der Waals surface area contributed by atoms with Crippen LogP contribution in [0.3, 0.4) is 0 Å². The maximum Gasteiger partial charge on any atom is 0.277 e. The predicted octanol–water partition coefficient (Wildman–Crippen LogP) is 5.76. The van der Waals surface area contributed by atoms with Crippen LogP contribution in [-0.4, -0.2) is 29.0 Å². The minimum atomic E-state index is -0.189. The summed E-state index contributed by atoms with van der Waals surface area (Å²) in [6.45, 7) is 2.17. The number of thiophene rings is 1. The Kier molecular flexibility index (Phi) is 7.80. The molecule has 0 radical (unpaired) electrons. The first kappa shape index (κ1) is 23.1. The summed E-state index contributed by atoms with van der Waals surface area (Å²) in [6.07, 6.45) is 2.16. The first-order valence-corrected chi connectivity index (χ1v) is 12.5. The third kappa shape index (κ3) is 6.03. The van der Waals surface area contributed by atoms with Gasteiger partial charge in [0.15, 0.2) is 0 Å².